The number of carbonyl (C=O) groups excluding carboxylic acids is 1. The third kappa shape index (κ3) is 6.19. The number of hydrogen-bond donors (Lipinski definition) is 1. The van der Waals surface area contributed by atoms with E-state index in [-0.39, 0.29) is 11.3 Å². The Labute approximate surface area is 146 Å². The van der Waals surface area contributed by atoms with Gasteiger partial charge in [0.15, 0.2) is 0 Å². The van der Waals surface area contributed by atoms with Gasteiger partial charge in [-0.1, -0.05) is 75.4 Å². The molecule has 0 fully saturated rings. The van der Waals surface area contributed by atoms with Gasteiger partial charge in [-0.15, -0.1) is 0 Å². The summed E-state index contributed by atoms with van der Waals surface area (Å²) < 4.78 is 0. The van der Waals surface area contributed by atoms with Gasteiger partial charge in [-0.3, -0.25) is 4.79 Å². The number of nitrogens with one attached hydrogen (secondary N) is 1. The second-order valence-corrected chi connectivity index (χ2v) is 7.39. The molecule has 0 saturated carbocycles. The molecule has 1 N–H and O–H groups in total. The molecule has 0 aliphatic carbocycles. The Balaban J connectivity index is 1.66. The Bertz CT molecular complexity index is 623. The van der Waals surface area contributed by atoms with E-state index in [2.05, 4.69) is 74.6 Å². The van der Waals surface area contributed by atoms with E-state index in [1.807, 2.05) is 6.07 Å². The summed E-state index contributed by atoms with van der Waals surface area (Å²) in [7, 11) is 0. The molecule has 0 aliphatic rings. The van der Waals surface area contributed by atoms with Gasteiger partial charge in [-0.2, -0.15) is 0 Å². The SMILES string of the molecule is CC(C)(C)c1ccc(CCC(=O)NCCCc2ccccc2)cc1. The second kappa shape index (κ2) is 8.68. The smallest absolute Gasteiger partial charge is 0.220 e. The van der Waals surface area contributed by atoms with Crippen LogP contribution >= 0.6 is 0 Å². The van der Waals surface area contributed by atoms with Crippen molar-refractivity contribution < 1.29 is 4.79 Å². The van der Waals surface area contributed by atoms with Gasteiger partial charge in [0.05, 0.1) is 0 Å². The molecule has 0 heterocycles. The van der Waals surface area contributed by atoms with E-state index in [4.69, 9.17) is 0 Å². The largest absolute Gasteiger partial charge is 0.356 e. The first kappa shape index (κ1) is 18.3. The lowest BCUT2D eigenvalue weighted by Gasteiger charge is -2.19. The normalized spacial score (nSPS) is 11.3. The van der Waals surface area contributed by atoms with Crippen LogP contribution in [0.25, 0.3) is 0 Å². The summed E-state index contributed by atoms with van der Waals surface area (Å²) in [6.45, 7) is 7.39. The van der Waals surface area contributed by atoms with E-state index >= 15 is 0 Å². The van der Waals surface area contributed by atoms with Crippen LogP contribution in [0.2, 0.25) is 0 Å². The molecule has 2 aromatic rings. The third-order valence-electron chi connectivity index (χ3n) is 4.27. The first-order valence-corrected chi connectivity index (χ1v) is 8.85. The maximum atomic E-state index is 11.9. The van der Waals surface area contributed by atoms with Gasteiger partial charge in [0.25, 0.3) is 0 Å². The maximum absolute atomic E-state index is 11.9. The van der Waals surface area contributed by atoms with Gasteiger partial charge in [-0.25, -0.2) is 0 Å². The van der Waals surface area contributed by atoms with Crippen LogP contribution in [0.15, 0.2) is 54.6 Å². The van der Waals surface area contributed by atoms with E-state index in [0.717, 1.165) is 25.8 Å². The molecule has 2 rings (SSSR count). The van der Waals surface area contributed by atoms with Gasteiger partial charge in [0, 0.05) is 13.0 Å². The van der Waals surface area contributed by atoms with Gasteiger partial charge in [0.1, 0.15) is 0 Å². The van der Waals surface area contributed by atoms with Crippen LogP contribution in [0.5, 0.6) is 0 Å². The van der Waals surface area contributed by atoms with Crippen LogP contribution in [0, 0.1) is 0 Å². The molecule has 0 radical (unpaired) electrons. The van der Waals surface area contributed by atoms with Gasteiger partial charge in [-0.05, 0) is 41.4 Å². The average Bonchev–Trinajstić information content (AvgIpc) is 2.57. The van der Waals surface area contributed by atoms with Crippen LogP contribution in [-0.4, -0.2) is 12.5 Å². The van der Waals surface area contributed by atoms with Gasteiger partial charge < -0.3 is 5.32 Å². The Morgan fingerprint density at radius 1 is 0.875 bits per heavy atom. The molecule has 2 nitrogen and oxygen atoms in total. The number of rotatable bonds is 7. The zero-order valence-corrected chi connectivity index (χ0v) is 15.1. The number of benzene rings is 2. The molecule has 24 heavy (non-hydrogen) atoms. The van der Waals surface area contributed by atoms with Crippen molar-refractivity contribution in [2.45, 2.75) is 51.9 Å². The van der Waals surface area contributed by atoms with Crippen LogP contribution in [0.1, 0.15) is 50.3 Å². The van der Waals surface area contributed by atoms with E-state index < -0.39 is 0 Å². The predicted octanol–water partition coefficient (Wildman–Crippen LogP) is 4.67. The Hall–Kier alpha value is -2.09. The zero-order valence-electron chi connectivity index (χ0n) is 15.1. The molecule has 0 spiro atoms. The number of aryl methyl sites for hydroxylation is 2. The van der Waals surface area contributed by atoms with Crippen molar-refractivity contribution in [1.82, 2.24) is 5.32 Å². The minimum absolute atomic E-state index is 0.142. The van der Waals surface area contributed by atoms with Crippen LogP contribution in [0.3, 0.4) is 0 Å². The van der Waals surface area contributed by atoms with Crippen molar-refractivity contribution >= 4 is 5.91 Å². The topological polar surface area (TPSA) is 29.1 Å². The summed E-state index contributed by atoms with van der Waals surface area (Å²) in [5.74, 6) is 0.142. The molecule has 0 atom stereocenters. The highest BCUT2D eigenvalue weighted by atomic mass is 16.1. The molecule has 0 aliphatic heterocycles. The van der Waals surface area contributed by atoms with Crippen LogP contribution < -0.4 is 5.32 Å². The molecule has 2 heteroatoms. The zero-order chi connectivity index (χ0) is 17.4. The number of carbonyl (C=O) groups is 1. The highest BCUT2D eigenvalue weighted by Gasteiger charge is 2.12. The molecule has 2 aromatic carbocycles. The van der Waals surface area contributed by atoms with Crippen molar-refractivity contribution in [3.8, 4) is 0 Å². The Kier molecular flexibility index (Phi) is 6.60. The standard InChI is InChI=1S/C22H29NO/c1-22(2,3)20-14-11-19(12-15-20)13-16-21(24)23-17-7-10-18-8-5-4-6-9-18/h4-6,8-9,11-12,14-15H,7,10,13,16-17H2,1-3H3,(H,23,24). The monoisotopic (exact) mass is 323 g/mol. The minimum Gasteiger partial charge on any atom is -0.356 e. The lowest BCUT2D eigenvalue weighted by atomic mass is 9.86. The van der Waals surface area contributed by atoms with E-state index in [1.54, 1.807) is 0 Å². The summed E-state index contributed by atoms with van der Waals surface area (Å²) in [4.78, 5) is 11.9. The molecule has 128 valence electrons. The Morgan fingerprint density at radius 3 is 2.12 bits per heavy atom. The highest BCUT2D eigenvalue weighted by Crippen LogP contribution is 2.22. The molecule has 0 bridgehead atoms. The fraction of sp³-hybridized carbons (Fsp3) is 0.409. The van der Waals surface area contributed by atoms with Crippen molar-refractivity contribution in [3.63, 3.8) is 0 Å². The van der Waals surface area contributed by atoms with Crippen LogP contribution in [0.4, 0.5) is 0 Å². The molecule has 0 unspecified atom stereocenters. The lowest BCUT2D eigenvalue weighted by molar-refractivity contribution is -0.121. The summed E-state index contributed by atoms with van der Waals surface area (Å²) in [5, 5.41) is 3.02. The van der Waals surface area contributed by atoms with E-state index in [9.17, 15) is 4.79 Å². The first-order valence-electron chi connectivity index (χ1n) is 8.85. The molecular formula is C22H29NO. The Morgan fingerprint density at radius 2 is 1.50 bits per heavy atom. The van der Waals surface area contributed by atoms with E-state index in [1.165, 1.54) is 16.7 Å². The molecule has 1 amide bonds. The lowest BCUT2D eigenvalue weighted by Crippen LogP contribution is -2.25. The van der Waals surface area contributed by atoms with Crippen molar-refractivity contribution in [1.29, 1.82) is 0 Å². The quantitative estimate of drug-likeness (QED) is 0.737. The fourth-order valence-corrected chi connectivity index (χ4v) is 2.68. The first-order chi connectivity index (χ1) is 11.4. The molecule has 0 aromatic heterocycles. The summed E-state index contributed by atoms with van der Waals surface area (Å²) >= 11 is 0. The number of amides is 1. The van der Waals surface area contributed by atoms with Crippen LogP contribution in [-0.2, 0) is 23.1 Å². The van der Waals surface area contributed by atoms with Gasteiger partial charge >= 0.3 is 0 Å². The maximum Gasteiger partial charge on any atom is 0.220 e. The summed E-state index contributed by atoms with van der Waals surface area (Å²) in [6.07, 6.45) is 3.35. The number of hydrogen-bond acceptors (Lipinski definition) is 1. The predicted molar refractivity (Wildman–Crippen MR) is 101 cm³/mol. The summed E-state index contributed by atoms with van der Waals surface area (Å²) in [6, 6.07) is 19.0. The van der Waals surface area contributed by atoms with E-state index in [0.29, 0.717) is 6.42 Å². The second-order valence-electron chi connectivity index (χ2n) is 7.39. The average molecular weight is 323 g/mol. The molecular weight excluding hydrogens is 294 g/mol. The third-order valence-corrected chi connectivity index (χ3v) is 4.27. The highest BCUT2D eigenvalue weighted by molar-refractivity contribution is 5.76. The van der Waals surface area contributed by atoms with Crippen molar-refractivity contribution in [2.24, 2.45) is 0 Å². The van der Waals surface area contributed by atoms with Crippen molar-refractivity contribution in [2.75, 3.05) is 6.54 Å². The van der Waals surface area contributed by atoms with Gasteiger partial charge in [0.2, 0.25) is 5.91 Å². The summed E-state index contributed by atoms with van der Waals surface area (Å²) in [5.41, 5.74) is 4.05. The molecule has 0 saturated heterocycles. The van der Waals surface area contributed by atoms with Crippen molar-refractivity contribution in [3.05, 3.63) is 71.3 Å². The minimum atomic E-state index is 0.142. The fourth-order valence-electron chi connectivity index (χ4n) is 2.68.